The third-order valence-electron chi connectivity index (χ3n) is 11.9. The van der Waals surface area contributed by atoms with E-state index < -0.39 is 6.85 Å². The van der Waals surface area contributed by atoms with E-state index in [2.05, 4.69) is 59.5 Å². The lowest BCUT2D eigenvalue weighted by atomic mass is 9.90. The molecule has 0 aliphatic heterocycles. The Morgan fingerprint density at radius 3 is 1.27 bits per heavy atom. The molecule has 64 heavy (non-hydrogen) atoms. The molecule has 0 amide bonds. The van der Waals surface area contributed by atoms with Crippen molar-refractivity contribution in [1.29, 1.82) is 15.8 Å². The standard InChI is InChI=1S/C59H35N5/c1-38-13-3-12-22-57(38)64-58-25-23-39(44-27-46(50-17-7-4-14-41(50)35-60)31-47(28-44)51-18-8-5-15-42(51)36-61)33-54(58)55-34-40(24-26-59(55)64)45-29-48(52-19-9-6-16-43(52)37-62)32-49(30-45)53-20-10-11-21-56(53)63-2/h3-34H,1H3/i1D3. The maximum absolute atomic E-state index is 10.2. The normalized spacial score (nSPS) is 11.7. The second-order valence-electron chi connectivity index (χ2n) is 15.5. The minimum absolute atomic E-state index is 0.221. The second-order valence-corrected chi connectivity index (χ2v) is 15.5. The monoisotopic (exact) mass is 816 g/mol. The van der Waals surface area contributed by atoms with Gasteiger partial charge in [0, 0.05) is 20.6 Å². The smallest absolute Gasteiger partial charge is 0.194 e. The van der Waals surface area contributed by atoms with E-state index in [1.807, 2.05) is 126 Å². The van der Waals surface area contributed by atoms with E-state index in [-0.39, 0.29) is 5.56 Å². The molecule has 5 heteroatoms. The summed E-state index contributed by atoms with van der Waals surface area (Å²) in [6.07, 6.45) is 0. The number of aromatic nitrogens is 1. The maximum atomic E-state index is 10.2. The Labute approximate surface area is 375 Å². The average molecular weight is 817 g/mol. The van der Waals surface area contributed by atoms with Crippen molar-refractivity contribution in [1.82, 2.24) is 4.57 Å². The molecule has 0 aliphatic carbocycles. The van der Waals surface area contributed by atoms with Crippen molar-refractivity contribution in [3.63, 3.8) is 0 Å². The summed E-state index contributed by atoms with van der Waals surface area (Å²) >= 11 is 0. The average Bonchev–Trinajstić information content (AvgIpc) is 3.70. The van der Waals surface area contributed by atoms with E-state index in [0.717, 1.165) is 88.6 Å². The van der Waals surface area contributed by atoms with Crippen LogP contribution < -0.4 is 0 Å². The molecule has 0 fully saturated rings. The summed E-state index contributed by atoms with van der Waals surface area (Å²) in [6.45, 7) is 5.58. The van der Waals surface area contributed by atoms with Crippen LogP contribution in [0.1, 0.15) is 26.4 Å². The highest BCUT2D eigenvalue weighted by atomic mass is 15.0. The van der Waals surface area contributed by atoms with Gasteiger partial charge >= 0.3 is 0 Å². The van der Waals surface area contributed by atoms with Crippen molar-refractivity contribution in [2.45, 2.75) is 6.85 Å². The van der Waals surface area contributed by atoms with E-state index in [4.69, 9.17) is 10.7 Å². The van der Waals surface area contributed by atoms with Crippen molar-refractivity contribution in [2.24, 2.45) is 0 Å². The highest BCUT2D eigenvalue weighted by Gasteiger charge is 2.19. The molecule has 0 aliphatic rings. The molecule has 0 atom stereocenters. The van der Waals surface area contributed by atoms with E-state index in [0.29, 0.717) is 28.1 Å². The summed E-state index contributed by atoms with van der Waals surface area (Å²) in [5.41, 5.74) is 14.3. The number of benzene rings is 9. The fourth-order valence-corrected chi connectivity index (χ4v) is 8.83. The maximum Gasteiger partial charge on any atom is 0.194 e. The van der Waals surface area contributed by atoms with E-state index in [9.17, 15) is 15.8 Å². The molecule has 0 saturated carbocycles. The van der Waals surface area contributed by atoms with Gasteiger partial charge in [-0.05, 0) is 164 Å². The van der Waals surface area contributed by atoms with Gasteiger partial charge in [0.1, 0.15) is 0 Å². The Kier molecular flexibility index (Phi) is 9.04. The predicted octanol–water partition coefficient (Wildman–Crippen LogP) is 15.3. The van der Waals surface area contributed by atoms with Crippen LogP contribution in [0.5, 0.6) is 0 Å². The van der Waals surface area contributed by atoms with Crippen LogP contribution in [-0.2, 0) is 0 Å². The zero-order chi connectivity index (χ0) is 46.2. The fraction of sp³-hybridized carbons (Fsp3) is 0.0169. The SMILES string of the molecule is [2H]C([2H])([2H])c1ccccc1-n1c2ccc(-c3cc(-c4ccccc4C#N)cc(-c4ccccc4C#N)c3)cc2c2cc(-c3cc(-c4ccccc4C#N)cc(-c4ccccc4[N+]#[C-])c3)ccc21. The summed E-state index contributed by atoms with van der Waals surface area (Å²) < 4.78 is 27.7. The molecule has 1 aromatic heterocycles. The number of rotatable bonds is 7. The van der Waals surface area contributed by atoms with Gasteiger partial charge in [-0.3, -0.25) is 0 Å². The molecule has 0 bridgehead atoms. The zero-order valence-corrected chi connectivity index (χ0v) is 34.2. The Hall–Kier alpha value is -9.26. The van der Waals surface area contributed by atoms with Gasteiger partial charge in [-0.15, -0.1) is 0 Å². The molecular formula is C59H35N5. The molecule has 10 aromatic rings. The van der Waals surface area contributed by atoms with Gasteiger partial charge in [-0.25, -0.2) is 4.85 Å². The third kappa shape index (κ3) is 6.83. The number of para-hydroxylation sites is 2. The highest BCUT2D eigenvalue weighted by molar-refractivity contribution is 6.12. The number of hydrogen-bond donors (Lipinski definition) is 0. The minimum Gasteiger partial charge on any atom is -0.309 e. The Balaban J connectivity index is 1.25. The van der Waals surface area contributed by atoms with Gasteiger partial charge in [-0.1, -0.05) is 109 Å². The molecule has 9 aromatic carbocycles. The molecule has 10 rings (SSSR count). The quantitative estimate of drug-likeness (QED) is 0.150. The summed E-state index contributed by atoms with van der Waals surface area (Å²) in [7, 11) is 0. The molecule has 5 nitrogen and oxygen atoms in total. The topological polar surface area (TPSA) is 80.7 Å². The fourth-order valence-electron chi connectivity index (χ4n) is 8.83. The molecule has 0 saturated heterocycles. The molecule has 0 spiro atoms. The molecule has 0 radical (unpaired) electrons. The molecule has 1 heterocycles. The van der Waals surface area contributed by atoms with Gasteiger partial charge in [0.25, 0.3) is 0 Å². The van der Waals surface area contributed by atoms with Gasteiger partial charge < -0.3 is 4.57 Å². The van der Waals surface area contributed by atoms with E-state index in [1.54, 1.807) is 36.4 Å². The van der Waals surface area contributed by atoms with Crippen LogP contribution in [0.25, 0.3) is 99.1 Å². The Morgan fingerprint density at radius 1 is 0.422 bits per heavy atom. The lowest BCUT2D eigenvalue weighted by Crippen LogP contribution is -1.96. The molecule has 0 unspecified atom stereocenters. The summed E-state index contributed by atoms with van der Waals surface area (Å²) in [5, 5.41) is 32.2. The number of aryl methyl sites for hydroxylation is 1. The van der Waals surface area contributed by atoms with Gasteiger partial charge in [0.15, 0.2) is 5.69 Å². The molecule has 0 N–H and O–H groups in total. The van der Waals surface area contributed by atoms with Crippen LogP contribution in [0.4, 0.5) is 5.69 Å². The second kappa shape index (κ2) is 16.3. The van der Waals surface area contributed by atoms with Crippen molar-refractivity contribution >= 4 is 27.5 Å². The van der Waals surface area contributed by atoms with E-state index >= 15 is 0 Å². The summed E-state index contributed by atoms with van der Waals surface area (Å²) in [4.78, 5) is 3.84. The lowest BCUT2D eigenvalue weighted by molar-refractivity contribution is 1.15. The Morgan fingerprint density at radius 2 is 0.812 bits per heavy atom. The van der Waals surface area contributed by atoms with Gasteiger partial charge in [0.05, 0.1) is 52.5 Å². The van der Waals surface area contributed by atoms with Gasteiger partial charge in [0.2, 0.25) is 0 Å². The first kappa shape index (κ1) is 35.5. The Bertz CT molecular complexity index is 3440. The van der Waals surface area contributed by atoms with Crippen molar-refractivity contribution < 1.29 is 4.11 Å². The lowest BCUT2D eigenvalue weighted by Gasteiger charge is -2.14. The van der Waals surface area contributed by atoms with E-state index in [1.165, 1.54) is 0 Å². The van der Waals surface area contributed by atoms with Crippen LogP contribution >= 0.6 is 0 Å². The highest BCUT2D eigenvalue weighted by Crippen LogP contribution is 2.42. The number of nitrogens with zero attached hydrogens (tertiary/aromatic N) is 5. The summed E-state index contributed by atoms with van der Waals surface area (Å²) in [6, 6.07) is 68.8. The third-order valence-corrected chi connectivity index (χ3v) is 11.9. The molecular weight excluding hydrogens is 779 g/mol. The van der Waals surface area contributed by atoms with Gasteiger partial charge in [-0.2, -0.15) is 15.8 Å². The minimum atomic E-state index is -2.39. The first-order valence-corrected chi connectivity index (χ1v) is 20.6. The van der Waals surface area contributed by atoms with Crippen LogP contribution in [0.3, 0.4) is 0 Å². The first-order chi connectivity index (χ1) is 32.7. The predicted molar refractivity (Wildman–Crippen MR) is 259 cm³/mol. The molecule has 296 valence electrons. The van der Waals surface area contributed by atoms with Crippen LogP contribution in [0, 0.1) is 47.4 Å². The van der Waals surface area contributed by atoms with Crippen molar-refractivity contribution in [3.8, 4) is 90.7 Å². The van der Waals surface area contributed by atoms with Crippen LogP contribution in [0.2, 0.25) is 0 Å². The summed E-state index contributed by atoms with van der Waals surface area (Å²) in [5.74, 6) is 0. The number of hydrogen-bond acceptors (Lipinski definition) is 3. The number of fused-ring (bicyclic) bond motifs is 3. The zero-order valence-electron chi connectivity index (χ0n) is 37.2. The first-order valence-electron chi connectivity index (χ1n) is 22.1. The largest absolute Gasteiger partial charge is 0.309 e. The number of nitriles is 3. The van der Waals surface area contributed by atoms with Crippen molar-refractivity contribution in [2.75, 3.05) is 0 Å². The van der Waals surface area contributed by atoms with Crippen LogP contribution in [-0.4, -0.2) is 4.57 Å². The van der Waals surface area contributed by atoms with Crippen molar-refractivity contribution in [3.05, 3.63) is 228 Å². The van der Waals surface area contributed by atoms with Crippen LogP contribution in [0.15, 0.2) is 194 Å².